The number of carbonyl (C=O) groups excluding carboxylic acids is 2. The quantitative estimate of drug-likeness (QED) is 0.451. The molecule has 0 saturated heterocycles. The monoisotopic (exact) mass is 364 g/mol. The van der Waals surface area contributed by atoms with Gasteiger partial charge in [0.2, 0.25) is 0 Å². The number of rotatable bonds is 4. The third kappa shape index (κ3) is 6.91. The topological polar surface area (TPSA) is 52.6 Å². The van der Waals surface area contributed by atoms with E-state index in [2.05, 4.69) is 0 Å². The van der Waals surface area contributed by atoms with Crippen LogP contribution in [0.1, 0.15) is 45.6 Å². The van der Waals surface area contributed by atoms with Crippen molar-refractivity contribution in [3.8, 4) is 0 Å². The molecule has 1 aromatic carbocycles. The van der Waals surface area contributed by atoms with E-state index >= 15 is 0 Å². The number of benzene rings is 1. The van der Waals surface area contributed by atoms with E-state index in [0.717, 1.165) is 11.1 Å². The molecule has 25 heavy (non-hydrogen) atoms. The highest BCUT2D eigenvalue weighted by molar-refractivity contribution is 6.21. The van der Waals surface area contributed by atoms with Crippen LogP contribution in [0.15, 0.2) is 42.0 Å². The summed E-state index contributed by atoms with van der Waals surface area (Å²) in [5, 5.41) is -0.184. The van der Waals surface area contributed by atoms with Crippen LogP contribution in [0.5, 0.6) is 0 Å². The molecular formula is C20H25ClO4. The Morgan fingerprint density at radius 3 is 2.52 bits per heavy atom. The first-order chi connectivity index (χ1) is 11.7. The highest BCUT2D eigenvalue weighted by Gasteiger charge is 2.30. The maximum Gasteiger partial charge on any atom is 0.331 e. The first kappa shape index (κ1) is 19.5. The summed E-state index contributed by atoms with van der Waals surface area (Å²) < 4.78 is 10.7. The standard InChI is InChI=1S/C20H25ClO4/c1-20(2,3)25-18(22)11-15-9-16(12-17(21)10-15)19(23)24-13-14-7-5-4-6-8-14/h4-8,11,16-17H,9-10,12-13H2,1-3H3/b15-11-/t16-,17?/m0/s1. The van der Waals surface area contributed by atoms with Crippen molar-refractivity contribution in [2.75, 3.05) is 0 Å². The van der Waals surface area contributed by atoms with Crippen LogP contribution in [-0.4, -0.2) is 22.9 Å². The largest absolute Gasteiger partial charge is 0.461 e. The minimum atomic E-state index is -0.544. The molecule has 2 rings (SSSR count). The summed E-state index contributed by atoms with van der Waals surface area (Å²) in [6.07, 6.45) is 3.09. The third-order valence-electron chi connectivity index (χ3n) is 3.82. The average molecular weight is 365 g/mol. The lowest BCUT2D eigenvalue weighted by Gasteiger charge is -2.26. The molecule has 1 aromatic rings. The number of carbonyl (C=O) groups is 2. The smallest absolute Gasteiger partial charge is 0.331 e. The minimum Gasteiger partial charge on any atom is -0.461 e. The van der Waals surface area contributed by atoms with Crippen LogP contribution in [0.25, 0.3) is 0 Å². The molecule has 0 amide bonds. The summed E-state index contributed by atoms with van der Waals surface area (Å²) in [7, 11) is 0. The molecule has 0 aromatic heterocycles. The van der Waals surface area contributed by atoms with E-state index < -0.39 is 11.6 Å². The summed E-state index contributed by atoms with van der Waals surface area (Å²) in [5.74, 6) is -0.998. The number of allylic oxidation sites excluding steroid dienone is 1. The van der Waals surface area contributed by atoms with Gasteiger partial charge >= 0.3 is 11.9 Å². The predicted molar refractivity (Wildman–Crippen MR) is 97.1 cm³/mol. The summed E-state index contributed by atoms with van der Waals surface area (Å²) in [6, 6.07) is 9.54. The van der Waals surface area contributed by atoms with Gasteiger partial charge in [0.05, 0.1) is 5.92 Å². The van der Waals surface area contributed by atoms with Gasteiger partial charge in [0, 0.05) is 11.5 Å². The normalized spacial score (nSPS) is 22.5. The molecule has 0 radical (unpaired) electrons. The maximum absolute atomic E-state index is 12.4. The third-order valence-corrected chi connectivity index (χ3v) is 4.15. The van der Waals surface area contributed by atoms with Crippen molar-refractivity contribution in [3.05, 3.63) is 47.5 Å². The van der Waals surface area contributed by atoms with E-state index in [4.69, 9.17) is 21.1 Å². The van der Waals surface area contributed by atoms with E-state index in [1.807, 2.05) is 51.1 Å². The van der Waals surface area contributed by atoms with Gasteiger partial charge in [0.25, 0.3) is 0 Å². The Morgan fingerprint density at radius 2 is 1.88 bits per heavy atom. The van der Waals surface area contributed by atoms with Crippen molar-refractivity contribution in [2.24, 2.45) is 5.92 Å². The molecular weight excluding hydrogens is 340 g/mol. The first-order valence-corrected chi connectivity index (χ1v) is 8.93. The number of hydrogen-bond donors (Lipinski definition) is 0. The minimum absolute atomic E-state index is 0.184. The van der Waals surface area contributed by atoms with Gasteiger partial charge in [-0.05, 0) is 45.6 Å². The lowest BCUT2D eigenvalue weighted by molar-refractivity contribution is -0.151. The second-order valence-electron chi connectivity index (χ2n) is 7.37. The molecule has 0 heterocycles. The SMILES string of the molecule is CC(C)(C)OC(=O)/C=C1\CC(Cl)C[C@@H](C(=O)OCc2ccccc2)C1. The van der Waals surface area contributed by atoms with Crippen LogP contribution in [0.4, 0.5) is 0 Å². The fourth-order valence-corrected chi connectivity index (χ4v) is 3.21. The molecule has 1 unspecified atom stereocenters. The van der Waals surface area contributed by atoms with E-state index in [1.54, 1.807) is 0 Å². The van der Waals surface area contributed by atoms with Crippen LogP contribution in [0.3, 0.4) is 0 Å². The Kier molecular flexibility index (Phi) is 6.65. The summed E-state index contributed by atoms with van der Waals surface area (Å²) in [5.41, 5.74) is 1.23. The van der Waals surface area contributed by atoms with Crippen molar-refractivity contribution >= 4 is 23.5 Å². The molecule has 4 nitrogen and oxygen atoms in total. The molecule has 1 saturated carbocycles. The van der Waals surface area contributed by atoms with E-state index in [1.165, 1.54) is 6.08 Å². The van der Waals surface area contributed by atoms with Gasteiger partial charge in [-0.25, -0.2) is 4.79 Å². The summed E-state index contributed by atoms with van der Waals surface area (Å²) >= 11 is 6.28. The van der Waals surface area contributed by atoms with Gasteiger partial charge in [-0.15, -0.1) is 11.6 Å². The van der Waals surface area contributed by atoms with Gasteiger partial charge in [-0.2, -0.15) is 0 Å². The number of alkyl halides is 1. The zero-order valence-corrected chi connectivity index (χ0v) is 15.7. The Labute approximate surface area is 154 Å². The fraction of sp³-hybridized carbons (Fsp3) is 0.500. The van der Waals surface area contributed by atoms with Gasteiger partial charge in [-0.1, -0.05) is 35.9 Å². The van der Waals surface area contributed by atoms with Gasteiger partial charge in [0.1, 0.15) is 12.2 Å². The molecule has 0 spiro atoms. The Morgan fingerprint density at radius 1 is 1.20 bits per heavy atom. The number of ether oxygens (including phenoxy) is 2. The molecule has 0 N–H and O–H groups in total. The predicted octanol–water partition coefficient (Wildman–Crippen LogP) is 4.41. The molecule has 0 bridgehead atoms. The van der Waals surface area contributed by atoms with Gasteiger partial charge in [-0.3, -0.25) is 4.79 Å². The lowest BCUT2D eigenvalue weighted by atomic mass is 9.85. The van der Waals surface area contributed by atoms with Crippen molar-refractivity contribution in [2.45, 2.75) is 57.6 Å². The Hall–Kier alpha value is -1.81. The van der Waals surface area contributed by atoms with E-state index in [0.29, 0.717) is 19.3 Å². The van der Waals surface area contributed by atoms with Crippen LogP contribution >= 0.6 is 11.6 Å². The zero-order valence-electron chi connectivity index (χ0n) is 15.0. The number of halogens is 1. The van der Waals surface area contributed by atoms with Crippen LogP contribution in [0.2, 0.25) is 0 Å². The van der Waals surface area contributed by atoms with Crippen molar-refractivity contribution in [1.82, 2.24) is 0 Å². The Balaban J connectivity index is 1.94. The first-order valence-electron chi connectivity index (χ1n) is 8.50. The Bertz CT molecular complexity index is 631. The van der Waals surface area contributed by atoms with Crippen molar-refractivity contribution in [3.63, 3.8) is 0 Å². The van der Waals surface area contributed by atoms with E-state index in [-0.39, 0.29) is 23.9 Å². The molecule has 1 fully saturated rings. The van der Waals surface area contributed by atoms with Crippen molar-refractivity contribution in [1.29, 1.82) is 0 Å². The highest BCUT2D eigenvalue weighted by atomic mass is 35.5. The molecule has 2 atom stereocenters. The van der Waals surface area contributed by atoms with Crippen LogP contribution < -0.4 is 0 Å². The van der Waals surface area contributed by atoms with E-state index in [9.17, 15) is 9.59 Å². The van der Waals surface area contributed by atoms with Gasteiger partial charge in [0.15, 0.2) is 0 Å². The van der Waals surface area contributed by atoms with Crippen LogP contribution in [0, 0.1) is 5.92 Å². The highest BCUT2D eigenvalue weighted by Crippen LogP contribution is 2.33. The zero-order chi connectivity index (χ0) is 18.4. The maximum atomic E-state index is 12.4. The second kappa shape index (κ2) is 8.52. The fourth-order valence-electron chi connectivity index (χ4n) is 2.80. The van der Waals surface area contributed by atoms with Gasteiger partial charge < -0.3 is 9.47 Å². The number of hydrogen-bond acceptors (Lipinski definition) is 4. The average Bonchev–Trinajstić information content (AvgIpc) is 2.51. The molecule has 136 valence electrons. The molecule has 0 aliphatic heterocycles. The summed E-state index contributed by atoms with van der Waals surface area (Å²) in [4.78, 5) is 24.3. The number of esters is 2. The molecule has 1 aliphatic carbocycles. The molecule has 5 heteroatoms. The van der Waals surface area contributed by atoms with Crippen LogP contribution in [-0.2, 0) is 25.7 Å². The second-order valence-corrected chi connectivity index (χ2v) is 7.98. The lowest BCUT2D eigenvalue weighted by Crippen LogP contribution is -2.27. The molecule has 1 aliphatic rings. The summed E-state index contributed by atoms with van der Waals surface area (Å²) in [6.45, 7) is 5.70. The van der Waals surface area contributed by atoms with Crippen molar-refractivity contribution < 1.29 is 19.1 Å².